The predicted molar refractivity (Wildman–Crippen MR) is 113 cm³/mol. The van der Waals surface area contributed by atoms with E-state index in [0.717, 1.165) is 16.7 Å². The molecule has 152 valence electrons. The molecule has 1 heterocycles. The molecule has 0 saturated carbocycles. The van der Waals surface area contributed by atoms with Crippen molar-refractivity contribution in [2.45, 2.75) is 19.6 Å². The van der Waals surface area contributed by atoms with Crippen LogP contribution in [0.4, 0.5) is 0 Å². The van der Waals surface area contributed by atoms with Gasteiger partial charge in [0.05, 0.1) is 18.1 Å². The van der Waals surface area contributed by atoms with Crippen LogP contribution in [0, 0.1) is 0 Å². The molecule has 0 unspecified atom stereocenters. The summed E-state index contributed by atoms with van der Waals surface area (Å²) in [6, 6.07) is 18.3. The summed E-state index contributed by atoms with van der Waals surface area (Å²) in [6.07, 6.45) is 1.40. The van der Waals surface area contributed by atoms with Crippen molar-refractivity contribution in [3.63, 3.8) is 0 Å². The van der Waals surface area contributed by atoms with E-state index in [-0.39, 0.29) is 18.8 Å². The minimum Gasteiger partial charge on any atom is -0.507 e. The highest BCUT2D eigenvalue weighted by Gasteiger charge is 2.17. The number of furan rings is 1. The molecule has 6 heteroatoms. The summed E-state index contributed by atoms with van der Waals surface area (Å²) in [6.45, 7) is 0.497. The lowest BCUT2D eigenvalue weighted by Crippen LogP contribution is -2.04. The van der Waals surface area contributed by atoms with E-state index in [4.69, 9.17) is 20.0 Å². The minimum atomic E-state index is -0.934. The topological polar surface area (TPSA) is 106 Å². The SMILES string of the molecule is NCc1cccc(-c2cc(COc3ccccc3CC(=O)O)c(O)c3ccoc23)c1. The maximum absolute atomic E-state index is 11.1. The standard InChI is InChI=1S/C24H21NO5/c25-13-15-4-3-6-16(10-15)20-11-18(23(28)19-8-9-29-24(19)20)14-30-21-7-2-1-5-17(21)12-22(26)27/h1-11,28H,12-14,25H2,(H,26,27). The van der Waals surface area contributed by atoms with Crippen molar-refractivity contribution in [1.29, 1.82) is 0 Å². The summed E-state index contributed by atoms with van der Waals surface area (Å²) < 4.78 is 11.5. The van der Waals surface area contributed by atoms with Crippen LogP contribution in [0.5, 0.6) is 11.5 Å². The van der Waals surface area contributed by atoms with Crippen LogP contribution >= 0.6 is 0 Å². The largest absolute Gasteiger partial charge is 0.507 e. The van der Waals surface area contributed by atoms with E-state index in [1.54, 1.807) is 30.3 Å². The molecule has 0 aliphatic rings. The van der Waals surface area contributed by atoms with Gasteiger partial charge in [-0.15, -0.1) is 0 Å². The number of ether oxygens (including phenoxy) is 1. The zero-order valence-corrected chi connectivity index (χ0v) is 16.2. The number of fused-ring (bicyclic) bond motifs is 1. The van der Waals surface area contributed by atoms with Gasteiger partial charge in [0, 0.05) is 23.2 Å². The molecule has 0 fully saturated rings. The summed E-state index contributed by atoms with van der Waals surface area (Å²) in [4.78, 5) is 11.1. The fourth-order valence-corrected chi connectivity index (χ4v) is 3.48. The number of phenolic OH excluding ortho intramolecular Hbond substituents is 1. The predicted octanol–water partition coefficient (Wildman–Crippen LogP) is 4.47. The first-order chi connectivity index (χ1) is 14.6. The monoisotopic (exact) mass is 403 g/mol. The molecule has 0 atom stereocenters. The number of para-hydroxylation sites is 1. The van der Waals surface area contributed by atoms with Crippen molar-refractivity contribution in [3.8, 4) is 22.6 Å². The number of hydrogen-bond acceptors (Lipinski definition) is 5. The highest BCUT2D eigenvalue weighted by molar-refractivity contribution is 5.97. The Bertz CT molecular complexity index is 1210. The molecular weight excluding hydrogens is 382 g/mol. The number of phenols is 1. The third kappa shape index (κ3) is 3.86. The Kier molecular flexibility index (Phi) is 5.41. The molecule has 0 bridgehead atoms. The molecule has 0 amide bonds. The molecule has 1 aromatic heterocycles. The van der Waals surface area contributed by atoms with Crippen molar-refractivity contribution >= 4 is 16.9 Å². The molecule has 4 aromatic rings. The van der Waals surface area contributed by atoms with E-state index in [2.05, 4.69) is 0 Å². The van der Waals surface area contributed by atoms with E-state index < -0.39 is 5.97 Å². The van der Waals surface area contributed by atoms with Crippen LogP contribution in [0.2, 0.25) is 0 Å². The van der Waals surface area contributed by atoms with Gasteiger partial charge in [-0.3, -0.25) is 4.79 Å². The lowest BCUT2D eigenvalue weighted by molar-refractivity contribution is -0.136. The molecule has 30 heavy (non-hydrogen) atoms. The number of aliphatic carboxylic acids is 1. The molecule has 6 nitrogen and oxygen atoms in total. The van der Waals surface area contributed by atoms with Gasteiger partial charge < -0.3 is 25.1 Å². The average Bonchev–Trinajstić information content (AvgIpc) is 3.24. The van der Waals surface area contributed by atoms with Crippen molar-refractivity contribution in [2.75, 3.05) is 0 Å². The van der Waals surface area contributed by atoms with E-state index in [0.29, 0.717) is 34.4 Å². The summed E-state index contributed by atoms with van der Waals surface area (Å²) in [5.41, 5.74) is 10.2. The second-order valence-electron chi connectivity index (χ2n) is 6.97. The van der Waals surface area contributed by atoms with Gasteiger partial charge in [0.15, 0.2) is 0 Å². The summed E-state index contributed by atoms with van der Waals surface area (Å²) in [7, 11) is 0. The average molecular weight is 403 g/mol. The molecule has 4 N–H and O–H groups in total. The Balaban J connectivity index is 1.72. The number of carboxylic acids is 1. The first kappa shape index (κ1) is 19.5. The molecule has 4 rings (SSSR count). The molecular formula is C24H21NO5. The van der Waals surface area contributed by atoms with E-state index >= 15 is 0 Å². The van der Waals surface area contributed by atoms with Gasteiger partial charge >= 0.3 is 5.97 Å². The Hall–Kier alpha value is -3.77. The normalized spacial score (nSPS) is 11.0. The van der Waals surface area contributed by atoms with Gasteiger partial charge in [0.2, 0.25) is 0 Å². The highest BCUT2D eigenvalue weighted by Crippen LogP contribution is 2.38. The number of carboxylic acid groups (broad SMARTS) is 1. The lowest BCUT2D eigenvalue weighted by Gasteiger charge is -2.14. The highest BCUT2D eigenvalue weighted by atomic mass is 16.5. The van der Waals surface area contributed by atoms with Crippen molar-refractivity contribution in [1.82, 2.24) is 0 Å². The third-order valence-corrected chi connectivity index (χ3v) is 4.96. The molecule has 3 aromatic carbocycles. The van der Waals surface area contributed by atoms with Gasteiger partial charge in [0.25, 0.3) is 0 Å². The minimum absolute atomic E-state index is 0.0766. The van der Waals surface area contributed by atoms with E-state index in [9.17, 15) is 9.90 Å². The Morgan fingerprint density at radius 1 is 1.03 bits per heavy atom. The number of rotatable bonds is 7. The van der Waals surface area contributed by atoms with E-state index in [1.807, 2.05) is 30.3 Å². The number of carbonyl (C=O) groups is 1. The Morgan fingerprint density at radius 2 is 1.87 bits per heavy atom. The van der Waals surface area contributed by atoms with Crippen LogP contribution in [-0.4, -0.2) is 16.2 Å². The molecule has 0 saturated heterocycles. The van der Waals surface area contributed by atoms with Crippen LogP contribution in [-0.2, 0) is 24.4 Å². The number of benzene rings is 3. The molecule has 0 spiro atoms. The fraction of sp³-hybridized carbons (Fsp3) is 0.125. The van der Waals surface area contributed by atoms with Gasteiger partial charge in [-0.05, 0) is 35.4 Å². The maximum Gasteiger partial charge on any atom is 0.307 e. The lowest BCUT2D eigenvalue weighted by atomic mass is 9.98. The maximum atomic E-state index is 11.1. The number of hydrogen-bond donors (Lipinski definition) is 3. The zero-order valence-electron chi connectivity index (χ0n) is 16.2. The fourth-order valence-electron chi connectivity index (χ4n) is 3.48. The van der Waals surface area contributed by atoms with E-state index in [1.165, 1.54) is 6.26 Å². The molecule has 0 aliphatic carbocycles. The van der Waals surface area contributed by atoms with Crippen LogP contribution < -0.4 is 10.5 Å². The molecule has 0 aliphatic heterocycles. The first-order valence-electron chi connectivity index (χ1n) is 9.50. The Morgan fingerprint density at radius 3 is 2.67 bits per heavy atom. The number of aromatic hydroxyl groups is 1. The summed E-state index contributed by atoms with van der Waals surface area (Å²) in [5.74, 6) is -0.387. The smallest absolute Gasteiger partial charge is 0.307 e. The van der Waals surface area contributed by atoms with Crippen molar-refractivity contribution in [2.24, 2.45) is 5.73 Å². The van der Waals surface area contributed by atoms with Crippen LogP contribution in [0.1, 0.15) is 16.7 Å². The number of nitrogens with two attached hydrogens (primary N) is 1. The van der Waals surface area contributed by atoms with Crippen molar-refractivity contribution in [3.05, 3.63) is 83.6 Å². The van der Waals surface area contributed by atoms with Gasteiger partial charge in [-0.25, -0.2) is 0 Å². The first-order valence-corrected chi connectivity index (χ1v) is 9.50. The van der Waals surface area contributed by atoms with Gasteiger partial charge in [-0.1, -0.05) is 36.4 Å². The van der Waals surface area contributed by atoms with Crippen molar-refractivity contribution < 1.29 is 24.2 Å². The van der Waals surface area contributed by atoms with Gasteiger partial charge in [-0.2, -0.15) is 0 Å². The molecule has 0 radical (unpaired) electrons. The second-order valence-corrected chi connectivity index (χ2v) is 6.97. The van der Waals surface area contributed by atoms with Crippen LogP contribution in [0.3, 0.4) is 0 Å². The van der Waals surface area contributed by atoms with Crippen LogP contribution in [0.25, 0.3) is 22.1 Å². The quantitative estimate of drug-likeness (QED) is 0.420. The Labute approximate surface area is 173 Å². The zero-order chi connectivity index (χ0) is 21.1. The summed E-state index contributed by atoms with van der Waals surface area (Å²) >= 11 is 0. The third-order valence-electron chi connectivity index (χ3n) is 4.96. The van der Waals surface area contributed by atoms with Crippen LogP contribution in [0.15, 0.2) is 71.3 Å². The summed E-state index contributed by atoms with van der Waals surface area (Å²) in [5, 5.41) is 20.4. The second kappa shape index (κ2) is 8.31. The van der Waals surface area contributed by atoms with Gasteiger partial charge in [0.1, 0.15) is 23.7 Å².